The highest BCUT2D eigenvalue weighted by molar-refractivity contribution is 6.01. The average Bonchev–Trinajstić information content (AvgIpc) is 2.37. The Hall–Kier alpha value is -1.43. The molecule has 1 amide bonds. The molecule has 2 atom stereocenters. The highest BCUT2D eigenvalue weighted by Gasteiger charge is 2.44. The molecule has 0 saturated heterocycles. The van der Waals surface area contributed by atoms with Crippen molar-refractivity contribution < 1.29 is 14.3 Å². The Kier molecular flexibility index (Phi) is 3.65. The summed E-state index contributed by atoms with van der Waals surface area (Å²) < 4.78 is 10.3. The lowest BCUT2D eigenvalue weighted by molar-refractivity contribution is -0.134. The molecule has 1 aromatic carbocycles. The summed E-state index contributed by atoms with van der Waals surface area (Å²) in [6.45, 7) is 1.90. The van der Waals surface area contributed by atoms with Gasteiger partial charge in [0.1, 0.15) is 12.3 Å². The van der Waals surface area contributed by atoms with Crippen LogP contribution in [0.25, 0.3) is 0 Å². The van der Waals surface area contributed by atoms with E-state index in [1.54, 1.807) is 6.92 Å². The van der Waals surface area contributed by atoms with Crippen molar-refractivity contribution in [2.75, 3.05) is 19.2 Å². The van der Waals surface area contributed by atoms with Gasteiger partial charge in [-0.25, -0.2) is 0 Å². The van der Waals surface area contributed by atoms with Crippen LogP contribution in [-0.2, 0) is 20.7 Å². The summed E-state index contributed by atoms with van der Waals surface area (Å²) in [5, 5.41) is 2.82. The third kappa shape index (κ3) is 2.25. The van der Waals surface area contributed by atoms with Crippen molar-refractivity contribution in [2.45, 2.75) is 25.0 Å². The molecule has 2 rings (SSSR count). The van der Waals surface area contributed by atoms with E-state index in [-0.39, 0.29) is 12.7 Å². The van der Waals surface area contributed by atoms with E-state index in [9.17, 15) is 4.79 Å². The van der Waals surface area contributed by atoms with Crippen LogP contribution in [0.5, 0.6) is 0 Å². The second-order valence-corrected chi connectivity index (χ2v) is 4.54. The first-order valence-electron chi connectivity index (χ1n) is 5.86. The topological polar surface area (TPSA) is 73.6 Å². The maximum atomic E-state index is 12.1. The Morgan fingerprint density at radius 1 is 1.50 bits per heavy atom. The highest BCUT2D eigenvalue weighted by atomic mass is 16.7. The van der Waals surface area contributed by atoms with E-state index < -0.39 is 11.6 Å². The molecule has 1 aliphatic rings. The molecule has 1 heterocycles. The maximum absolute atomic E-state index is 12.1. The Morgan fingerprint density at radius 2 is 2.22 bits per heavy atom. The largest absolute Gasteiger partial charge is 0.359 e. The molecule has 0 radical (unpaired) electrons. The van der Waals surface area contributed by atoms with E-state index in [2.05, 4.69) is 5.32 Å². The van der Waals surface area contributed by atoms with Gasteiger partial charge in [0.2, 0.25) is 5.91 Å². The van der Waals surface area contributed by atoms with E-state index in [4.69, 9.17) is 15.2 Å². The number of amides is 1. The Bertz CT molecular complexity index is 450. The Balaban J connectivity index is 2.22. The van der Waals surface area contributed by atoms with Gasteiger partial charge in [0.15, 0.2) is 0 Å². The fraction of sp³-hybridized carbons (Fsp3) is 0.462. The molecule has 98 valence electrons. The standard InChI is InChI=1S/C13H18N2O3/c1-9(18-8-17-2)13(14)7-10-5-3-4-6-11(10)15-12(13)16/h3-6,9H,7-8,14H2,1-2H3,(H,15,16). The normalized spacial score (nSPS) is 24.3. The minimum absolute atomic E-state index is 0.120. The van der Waals surface area contributed by atoms with Crippen molar-refractivity contribution in [3.05, 3.63) is 29.8 Å². The molecule has 3 N–H and O–H groups in total. The van der Waals surface area contributed by atoms with Crippen LogP contribution >= 0.6 is 0 Å². The van der Waals surface area contributed by atoms with Gasteiger partial charge in [-0.15, -0.1) is 0 Å². The van der Waals surface area contributed by atoms with Crippen LogP contribution in [0.2, 0.25) is 0 Å². The molecule has 5 nitrogen and oxygen atoms in total. The summed E-state index contributed by atoms with van der Waals surface area (Å²) in [4.78, 5) is 12.1. The number of rotatable bonds is 4. The van der Waals surface area contributed by atoms with Gasteiger partial charge in [-0.05, 0) is 18.6 Å². The zero-order chi connectivity index (χ0) is 13.2. The Labute approximate surface area is 106 Å². The molecular weight excluding hydrogens is 232 g/mol. The van der Waals surface area contributed by atoms with Gasteiger partial charge in [0.05, 0.1) is 6.10 Å². The minimum atomic E-state index is -1.06. The molecule has 0 saturated carbocycles. The molecule has 0 spiro atoms. The van der Waals surface area contributed by atoms with Crippen molar-refractivity contribution in [1.82, 2.24) is 0 Å². The summed E-state index contributed by atoms with van der Waals surface area (Å²) in [5.74, 6) is -0.218. The maximum Gasteiger partial charge on any atom is 0.247 e. The summed E-state index contributed by atoms with van der Waals surface area (Å²) in [6, 6.07) is 7.64. The molecule has 0 aromatic heterocycles. The number of ether oxygens (including phenoxy) is 2. The molecule has 1 aromatic rings. The number of carbonyl (C=O) groups is 1. The molecule has 2 unspecified atom stereocenters. The van der Waals surface area contributed by atoms with Crippen molar-refractivity contribution in [2.24, 2.45) is 5.73 Å². The predicted molar refractivity (Wildman–Crippen MR) is 68.1 cm³/mol. The number of carbonyl (C=O) groups excluding carboxylic acids is 1. The Morgan fingerprint density at radius 3 is 2.94 bits per heavy atom. The fourth-order valence-electron chi connectivity index (χ4n) is 2.08. The van der Waals surface area contributed by atoms with E-state index in [1.807, 2.05) is 24.3 Å². The SMILES string of the molecule is COCOC(C)C1(N)Cc2ccccc2NC1=O. The first kappa shape index (κ1) is 13.0. The third-order valence-electron chi connectivity index (χ3n) is 3.33. The van der Waals surface area contributed by atoms with E-state index in [0.717, 1.165) is 11.3 Å². The summed E-state index contributed by atoms with van der Waals surface area (Å²) in [7, 11) is 1.53. The molecule has 0 aliphatic carbocycles. The zero-order valence-corrected chi connectivity index (χ0v) is 10.6. The number of anilines is 1. The molecule has 1 aliphatic heterocycles. The summed E-state index contributed by atoms with van der Waals surface area (Å²) in [6.07, 6.45) is 0.0330. The van der Waals surface area contributed by atoms with Crippen LogP contribution in [0.15, 0.2) is 24.3 Å². The van der Waals surface area contributed by atoms with Crippen LogP contribution in [-0.4, -0.2) is 31.5 Å². The third-order valence-corrected chi connectivity index (χ3v) is 3.33. The molecule has 5 heteroatoms. The van der Waals surface area contributed by atoms with Crippen LogP contribution in [0.3, 0.4) is 0 Å². The van der Waals surface area contributed by atoms with Gasteiger partial charge in [-0.3, -0.25) is 4.79 Å². The van der Waals surface area contributed by atoms with E-state index in [0.29, 0.717) is 6.42 Å². The first-order chi connectivity index (χ1) is 8.58. The lowest BCUT2D eigenvalue weighted by Crippen LogP contribution is -2.62. The van der Waals surface area contributed by atoms with Gasteiger partial charge in [0, 0.05) is 19.2 Å². The van der Waals surface area contributed by atoms with Gasteiger partial charge < -0.3 is 20.5 Å². The number of para-hydroxylation sites is 1. The molecule has 0 bridgehead atoms. The number of nitrogens with two attached hydrogens (primary N) is 1. The number of fused-ring (bicyclic) bond motifs is 1. The first-order valence-corrected chi connectivity index (χ1v) is 5.86. The number of hydrogen-bond donors (Lipinski definition) is 2. The monoisotopic (exact) mass is 250 g/mol. The summed E-state index contributed by atoms with van der Waals surface area (Å²) >= 11 is 0. The lowest BCUT2D eigenvalue weighted by atomic mass is 9.82. The van der Waals surface area contributed by atoms with Gasteiger partial charge >= 0.3 is 0 Å². The van der Waals surface area contributed by atoms with Crippen LogP contribution in [0.1, 0.15) is 12.5 Å². The van der Waals surface area contributed by atoms with Crippen molar-refractivity contribution in [3.63, 3.8) is 0 Å². The van der Waals surface area contributed by atoms with Crippen LogP contribution in [0, 0.1) is 0 Å². The molecule has 18 heavy (non-hydrogen) atoms. The van der Waals surface area contributed by atoms with E-state index in [1.165, 1.54) is 7.11 Å². The number of methoxy groups -OCH3 is 1. The van der Waals surface area contributed by atoms with Gasteiger partial charge in [-0.2, -0.15) is 0 Å². The predicted octanol–water partition coefficient (Wildman–Crippen LogP) is 0.888. The zero-order valence-electron chi connectivity index (χ0n) is 10.6. The van der Waals surface area contributed by atoms with Crippen molar-refractivity contribution in [1.29, 1.82) is 0 Å². The highest BCUT2D eigenvalue weighted by Crippen LogP contribution is 2.29. The van der Waals surface area contributed by atoms with Gasteiger partial charge in [0.25, 0.3) is 0 Å². The number of benzene rings is 1. The minimum Gasteiger partial charge on any atom is -0.359 e. The van der Waals surface area contributed by atoms with E-state index >= 15 is 0 Å². The van der Waals surface area contributed by atoms with Crippen molar-refractivity contribution >= 4 is 11.6 Å². The fourth-order valence-corrected chi connectivity index (χ4v) is 2.08. The van der Waals surface area contributed by atoms with Gasteiger partial charge in [-0.1, -0.05) is 18.2 Å². The number of nitrogens with one attached hydrogen (secondary N) is 1. The second-order valence-electron chi connectivity index (χ2n) is 4.54. The lowest BCUT2D eigenvalue weighted by Gasteiger charge is -2.37. The van der Waals surface area contributed by atoms with Crippen molar-refractivity contribution in [3.8, 4) is 0 Å². The second kappa shape index (κ2) is 5.06. The number of hydrogen-bond acceptors (Lipinski definition) is 4. The molecular formula is C13H18N2O3. The quantitative estimate of drug-likeness (QED) is 0.778. The summed E-state index contributed by atoms with van der Waals surface area (Å²) in [5.41, 5.74) is 6.99. The molecule has 0 fully saturated rings. The van der Waals surface area contributed by atoms with Crippen LogP contribution < -0.4 is 11.1 Å². The average molecular weight is 250 g/mol. The van der Waals surface area contributed by atoms with Crippen LogP contribution in [0.4, 0.5) is 5.69 Å². The smallest absolute Gasteiger partial charge is 0.247 e.